The number of aliphatic hydroxyl groups is 1. The third-order valence-electron chi connectivity index (χ3n) is 5.27. The standard InChI is InChI=1S/C17H18O2.C12H10OP/c1-11-9-12(2)15(13(3)10-11)17(19)16(18)14-7-5-4-6-8-14;13-14(11-7-3-1-4-8-11)12-9-5-2-6-10-12/h4-10,16,18H,1-3H3;1-10H/q;+1. The Morgan fingerprint density at radius 2 is 1.09 bits per heavy atom. The van der Waals surface area contributed by atoms with Gasteiger partial charge in [0, 0.05) is 5.56 Å². The van der Waals surface area contributed by atoms with Gasteiger partial charge >= 0.3 is 7.80 Å². The van der Waals surface area contributed by atoms with Crippen LogP contribution in [-0.2, 0) is 4.57 Å². The molecule has 4 aromatic carbocycles. The summed E-state index contributed by atoms with van der Waals surface area (Å²) in [7, 11) is -1.42. The van der Waals surface area contributed by atoms with Crippen LogP contribution in [0, 0.1) is 20.8 Å². The molecule has 1 atom stereocenters. The Morgan fingerprint density at radius 1 is 0.697 bits per heavy atom. The van der Waals surface area contributed by atoms with E-state index in [1.165, 1.54) is 0 Å². The van der Waals surface area contributed by atoms with Crippen LogP contribution >= 0.6 is 7.80 Å². The molecule has 0 saturated carbocycles. The van der Waals surface area contributed by atoms with E-state index in [9.17, 15) is 14.5 Å². The van der Waals surface area contributed by atoms with Crippen molar-refractivity contribution in [3.63, 3.8) is 0 Å². The van der Waals surface area contributed by atoms with Gasteiger partial charge in [0.15, 0.2) is 16.4 Å². The Kier molecular flexibility index (Phi) is 8.43. The number of Topliss-reactive ketones (excluding diaryl/α,β-unsaturated/α-hetero) is 1. The number of carbonyl (C=O) groups excluding carboxylic acids is 1. The van der Waals surface area contributed by atoms with E-state index in [1.54, 1.807) is 12.1 Å². The van der Waals surface area contributed by atoms with Crippen molar-refractivity contribution in [1.82, 2.24) is 0 Å². The lowest BCUT2D eigenvalue weighted by Gasteiger charge is -2.14. The molecule has 3 nitrogen and oxygen atoms in total. The lowest BCUT2D eigenvalue weighted by atomic mass is 9.92. The van der Waals surface area contributed by atoms with E-state index < -0.39 is 13.9 Å². The smallest absolute Gasteiger partial charge is 0.380 e. The first kappa shape index (κ1) is 24.3. The summed E-state index contributed by atoms with van der Waals surface area (Å²) < 4.78 is 12.0. The number of hydrogen-bond donors (Lipinski definition) is 1. The zero-order valence-corrected chi connectivity index (χ0v) is 20.0. The first-order chi connectivity index (χ1) is 15.9. The van der Waals surface area contributed by atoms with Crippen molar-refractivity contribution in [3.05, 3.63) is 131 Å². The van der Waals surface area contributed by atoms with E-state index in [2.05, 4.69) is 0 Å². The van der Waals surface area contributed by atoms with E-state index in [0.29, 0.717) is 11.1 Å². The molecule has 4 rings (SSSR count). The van der Waals surface area contributed by atoms with Crippen molar-refractivity contribution in [3.8, 4) is 0 Å². The van der Waals surface area contributed by atoms with Gasteiger partial charge in [0.1, 0.15) is 6.10 Å². The normalized spacial score (nSPS) is 11.2. The Labute approximate surface area is 196 Å². The van der Waals surface area contributed by atoms with Crippen molar-refractivity contribution >= 4 is 24.2 Å². The highest BCUT2D eigenvalue weighted by Gasteiger charge is 2.23. The number of aryl methyl sites for hydroxylation is 3. The Morgan fingerprint density at radius 3 is 1.52 bits per heavy atom. The summed E-state index contributed by atoms with van der Waals surface area (Å²) in [5.74, 6) is -0.235. The van der Waals surface area contributed by atoms with Gasteiger partial charge in [-0.05, 0) is 61.7 Å². The van der Waals surface area contributed by atoms with Crippen molar-refractivity contribution in [2.24, 2.45) is 0 Å². The second kappa shape index (κ2) is 11.5. The van der Waals surface area contributed by atoms with E-state index in [-0.39, 0.29) is 5.78 Å². The third kappa shape index (κ3) is 6.32. The fourth-order valence-corrected chi connectivity index (χ4v) is 4.95. The van der Waals surface area contributed by atoms with Gasteiger partial charge < -0.3 is 5.11 Å². The molecule has 4 aromatic rings. The van der Waals surface area contributed by atoms with Gasteiger partial charge in [-0.3, -0.25) is 4.79 Å². The van der Waals surface area contributed by atoms with Crippen LogP contribution in [0.25, 0.3) is 0 Å². The van der Waals surface area contributed by atoms with E-state index >= 15 is 0 Å². The molecular weight excluding hydrogens is 427 g/mol. The largest absolute Gasteiger partial charge is 0.415 e. The molecule has 0 aromatic heterocycles. The zero-order valence-electron chi connectivity index (χ0n) is 19.1. The fraction of sp³-hybridized carbons (Fsp3) is 0.138. The predicted molar refractivity (Wildman–Crippen MR) is 136 cm³/mol. The maximum Gasteiger partial charge on any atom is 0.415 e. The quantitative estimate of drug-likeness (QED) is 0.297. The second-order valence-corrected chi connectivity index (χ2v) is 9.54. The minimum Gasteiger partial charge on any atom is -0.380 e. The monoisotopic (exact) mass is 455 g/mol. The highest BCUT2D eigenvalue weighted by Crippen LogP contribution is 2.24. The van der Waals surface area contributed by atoms with Gasteiger partial charge in [-0.15, -0.1) is 0 Å². The van der Waals surface area contributed by atoms with Crippen LogP contribution in [-0.4, -0.2) is 10.9 Å². The summed E-state index contributed by atoms with van der Waals surface area (Å²) in [6.07, 6.45) is -1.10. The van der Waals surface area contributed by atoms with Crippen molar-refractivity contribution < 1.29 is 14.5 Å². The molecular formula is C29H28O3P+. The van der Waals surface area contributed by atoms with Crippen molar-refractivity contribution in [2.75, 3.05) is 0 Å². The van der Waals surface area contributed by atoms with Gasteiger partial charge in [0.05, 0.1) is 0 Å². The highest BCUT2D eigenvalue weighted by atomic mass is 31.1. The average Bonchev–Trinajstić information content (AvgIpc) is 2.84. The number of carbonyl (C=O) groups is 1. The Bertz CT molecular complexity index is 1160. The first-order valence-electron chi connectivity index (χ1n) is 10.8. The summed E-state index contributed by atoms with van der Waals surface area (Å²) in [4.78, 5) is 12.4. The van der Waals surface area contributed by atoms with Gasteiger partial charge in [-0.1, -0.05) is 89.0 Å². The molecule has 1 unspecified atom stereocenters. The van der Waals surface area contributed by atoms with Gasteiger partial charge in [0.25, 0.3) is 0 Å². The molecule has 0 spiro atoms. The topological polar surface area (TPSA) is 54.4 Å². The second-order valence-electron chi connectivity index (χ2n) is 7.92. The minimum atomic E-state index is -1.42. The summed E-state index contributed by atoms with van der Waals surface area (Å²) in [6.45, 7) is 5.82. The van der Waals surface area contributed by atoms with Crippen molar-refractivity contribution in [1.29, 1.82) is 0 Å². The summed E-state index contributed by atoms with van der Waals surface area (Å²) in [6, 6.07) is 32.0. The van der Waals surface area contributed by atoms with Gasteiger partial charge in [0.2, 0.25) is 0 Å². The molecule has 4 heteroatoms. The number of rotatable bonds is 5. The molecule has 0 aliphatic carbocycles. The number of benzene rings is 4. The molecule has 0 bridgehead atoms. The molecule has 0 heterocycles. The van der Waals surface area contributed by atoms with Crippen LogP contribution in [0.1, 0.15) is 38.7 Å². The van der Waals surface area contributed by atoms with Gasteiger partial charge in [-0.2, -0.15) is 0 Å². The number of aliphatic hydroxyl groups excluding tert-OH is 1. The average molecular weight is 456 g/mol. The number of ketones is 1. The molecule has 166 valence electrons. The van der Waals surface area contributed by atoms with E-state index in [0.717, 1.165) is 27.3 Å². The zero-order chi connectivity index (χ0) is 23.8. The van der Waals surface area contributed by atoms with E-state index in [1.807, 2.05) is 112 Å². The molecule has 0 saturated heterocycles. The van der Waals surface area contributed by atoms with E-state index in [4.69, 9.17) is 0 Å². The maximum atomic E-state index is 12.4. The van der Waals surface area contributed by atoms with Crippen LogP contribution < -0.4 is 10.6 Å². The minimum absolute atomic E-state index is 0.235. The predicted octanol–water partition coefficient (Wildman–Crippen LogP) is 5.99. The molecule has 0 radical (unpaired) electrons. The Hall–Kier alpha value is -3.39. The molecule has 0 amide bonds. The SMILES string of the molecule is Cc1cc(C)c(C(=O)C(O)c2ccccc2)c(C)c1.O=[P+](c1ccccc1)c1ccccc1. The van der Waals surface area contributed by atoms with Gasteiger partial charge in [-0.25, -0.2) is 0 Å². The van der Waals surface area contributed by atoms with Crippen LogP contribution in [0.15, 0.2) is 103 Å². The molecule has 1 N–H and O–H groups in total. The van der Waals surface area contributed by atoms with Crippen LogP contribution in [0.5, 0.6) is 0 Å². The molecule has 0 aliphatic heterocycles. The van der Waals surface area contributed by atoms with Crippen molar-refractivity contribution in [2.45, 2.75) is 26.9 Å². The van der Waals surface area contributed by atoms with Crippen LogP contribution in [0.2, 0.25) is 0 Å². The van der Waals surface area contributed by atoms with Crippen LogP contribution in [0.4, 0.5) is 0 Å². The van der Waals surface area contributed by atoms with Crippen LogP contribution in [0.3, 0.4) is 0 Å². The first-order valence-corrected chi connectivity index (χ1v) is 12.1. The maximum absolute atomic E-state index is 12.4. The summed E-state index contributed by atoms with van der Waals surface area (Å²) >= 11 is 0. The summed E-state index contributed by atoms with van der Waals surface area (Å²) in [5.41, 5.74) is 4.21. The molecule has 0 aliphatic rings. The third-order valence-corrected chi connectivity index (χ3v) is 6.80. The fourth-order valence-electron chi connectivity index (χ4n) is 3.77. The number of hydrogen-bond acceptors (Lipinski definition) is 3. The molecule has 0 fully saturated rings. The highest BCUT2D eigenvalue weighted by molar-refractivity contribution is 7.61. The lowest BCUT2D eigenvalue weighted by Crippen LogP contribution is -2.15. The Balaban J connectivity index is 0.000000194. The lowest BCUT2D eigenvalue weighted by molar-refractivity contribution is 0.0746. The molecule has 33 heavy (non-hydrogen) atoms. The summed E-state index contributed by atoms with van der Waals surface area (Å²) in [5, 5.41) is 12.0.